The van der Waals surface area contributed by atoms with Crippen molar-refractivity contribution in [2.24, 2.45) is 0 Å². The third-order valence-electron chi connectivity index (χ3n) is 6.05. The smallest absolute Gasteiger partial charge is 0.343 e. The Hall–Kier alpha value is -4.33. The number of hydrogen-bond donors (Lipinski definition) is 2. The lowest BCUT2D eigenvalue weighted by Gasteiger charge is -2.18. The van der Waals surface area contributed by atoms with Crippen molar-refractivity contribution in [3.05, 3.63) is 102 Å². The number of hydrogen-bond acceptors (Lipinski definition) is 6. The number of aliphatic hydroxyl groups is 1. The molecule has 39 heavy (non-hydrogen) atoms. The van der Waals surface area contributed by atoms with E-state index >= 15 is 0 Å². The molecule has 3 aromatic carbocycles. The Kier molecular flexibility index (Phi) is 10.9. The second-order valence-electron chi connectivity index (χ2n) is 9.04. The minimum atomic E-state index is -0.816. The third kappa shape index (κ3) is 8.88. The van der Waals surface area contributed by atoms with Crippen LogP contribution in [0.4, 0.5) is 4.39 Å². The van der Waals surface area contributed by atoms with Gasteiger partial charge < -0.3 is 24.6 Å². The number of aliphatic hydroxyl groups excluding tert-OH is 1. The summed E-state index contributed by atoms with van der Waals surface area (Å²) in [6, 6.07) is 16.5. The molecular weight excluding hydrogens is 501 g/mol. The minimum absolute atomic E-state index is 0.0228. The van der Waals surface area contributed by atoms with Gasteiger partial charge in [-0.2, -0.15) is 0 Å². The van der Waals surface area contributed by atoms with Gasteiger partial charge in [0.2, 0.25) is 0 Å². The summed E-state index contributed by atoms with van der Waals surface area (Å²) in [5.74, 6) is -0.922. The average Bonchev–Trinajstić information content (AvgIpc) is 2.93. The predicted octanol–water partition coefficient (Wildman–Crippen LogP) is 6.43. The highest BCUT2D eigenvalue weighted by Crippen LogP contribution is 2.20. The standard InChI is InChI=1S/C31H34FNO6/c1-4-5-6-7-18-38-25-15-10-23(11-16-25)31(36)39-26-13-8-22(9-14-26)19-28(21(2)34)33-30(35)24-12-17-29(37-3)27(32)20-24/h8-17,20,28,34H,2,4-7,18-19H2,1,3H3,(H,33,35)/t28-/m0/s1. The van der Waals surface area contributed by atoms with E-state index in [1.165, 1.54) is 32.1 Å². The molecule has 0 saturated heterocycles. The zero-order valence-corrected chi connectivity index (χ0v) is 22.2. The highest BCUT2D eigenvalue weighted by molar-refractivity contribution is 5.94. The number of carbonyl (C=O) groups excluding carboxylic acids is 2. The van der Waals surface area contributed by atoms with Crippen LogP contribution in [0.3, 0.4) is 0 Å². The molecule has 0 saturated carbocycles. The summed E-state index contributed by atoms with van der Waals surface area (Å²) in [5, 5.41) is 12.7. The molecule has 3 aromatic rings. The molecule has 0 aromatic heterocycles. The van der Waals surface area contributed by atoms with E-state index in [-0.39, 0.29) is 23.5 Å². The van der Waals surface area contributed by atoms with Gasteiger partial charge in [0.15, 0.2) is 11.6 Å². The van der Waals surface area contributed by atoms with Gasteiger partial charge in [0.25, 0.3) is 5.91 Å². The van der Waals surface area contributed by atoms with E-state index in [9.17, 15) is 19.1 Å². The number of nitrogens with one attached hydrogen (secondary N) is 1. The van der Waals surface area contributed by atoms with Crippen LogP contribution in [-0.2, 0) is 6.42 Å². The molecule has 1 atom stereocenters. The van der Waals surface area contributed by atoms with E-state index in [0.717, 1.165) is 24.5 Å². The maximum absolute atomic E-state index is 14.0. The van der Waals surface area contributed by atoms with Crippen molar-refractivity contribution in [2.75, 3.05) is 13.7 Å². The Morgan fingerprint density at radius 2 is 1.62 bits per heavy atom. The molecular formula is C31H34FNO6. The van der Waals surface area contributed by atoms with Crippen molar-refractivity contribution in [3.63, 3.8) is 0 Å². The summed E-state index contributed by atoms with van der Waals surface area (Å²) in [4.78, 5) is 25.1. The van der Waals surface area contributed by atoms with Gasteiger partial charge in [-0.3, -0.25) is 4.79 Å². The first-order chi connectivity index (χ1) is 18.8. The summed E-state index contributed by atoms with van der Waals surface area (Å²) in [6.07, 6.45) is 4.71. The number of methoxy groups -OCH3 is 1. The van der Waals surface area contributed by atoms with E-state index in [1.807, 2.05) is 0 Å². The summed E-state index contributed by atoms with van der Waals surface area (Å²) in [7, 11) is 1.33. The van der Waals surface area contributed by atoms with Gasteiger partial charge in [0.1, 0.15) is 17.3 Å². The normalized spacial score (nSPS) is 11.4. The number of carbonyl (C=O) groups is 2. The van der Waals surface area contributed by atoms with Crippen molar-refractivity contribution in [2.45, 2.75) is 45.1 Å². The highest BCUT2D eigenvalue weighted by Gasteiger charge is 2.19. The van der Waals surface area contributed by atoms with Gasteiger partial charge in [-0.15, -0.1) is 0 Å². The SMILES string of the molecule is C=C(O)[C@H](Cc1ccc(OC(=O)c2ccc(OCCCCCC)cc2)cc1)NC(=O)c1ccc(OC)c(F)c1. The van der Waals surface area contributed by atoms with E-state index in [4.69, 9.17) is 14.2 Å². The number of benzene rings is 3. The molecule has 0 unspecified atom stereocenters. The maximum atomic E-state index is 14.0. The van der Waals surface area contributed by atoms with Gasteiger partial charge in [-0.05, 0) is 73.0 Å². The Balaban J connectivity index is 1.54. The molecule has 0 radical (unpaired) electrons. The largest absolute Gasteiger partial charge is 0.511 e. The summed E-state index contributed by atoms with van der Waals surface area (Å²) in [5.41, 5.74) is 1.22. The van der Waals surface area contributed by atoms with Gasteiger partial charge in [-0.25, -0.2) is 9.18 Å². The molecule has 7 nitrogen and oxygen atoms in total. The van der Waals surface area contributed by atoms with Crippen LogP contribution >= 0.6 is 0 Å². The Labute approximate surface area is 228 Å². The van der Waals surface area contributed by atoms with Gasteiger partial charge in [0.05, 0.1) is 25.3 Å². The average molecular weight is 536 g/mol. The van der Waals surface area contributed by atoms with Gasteiger partial charge in [-0.1, -0.05) is 44.9 Å². The summed E-state index contributed by atoms with van der Waals surface area (Å²) < 4.78 is 30.0. The second-order valence-corrected chi connectivity index (χ2v) is 9.04. The molecule has 1 amide bonds. The first kappa shape index (κ1) is 29.2. The van der Waals surface area contributed by atoms with Crippen LogP contribution in [0.1, 0.15) is 58.9 Å². The zero-order chi connectivity index (χ0) is 28.2. The third-order valence-corrected chi connectivity index (χ3v) is 6.05. The zero-order valence-electron chi connectivity index (χ0n) is 22.2. The van der Waals surface area contributed by atoms with Crippen LogP contribution in [0, 0.1) is 5.82 Å². The second kappa shape index (κ2) is 14.6. The molecule has 0 heterocycles. The number of unbranched alkanes of at least 4 members (excludes halogenated alkanes) is 3. The lowest BCUT2D eigenvalue weighted by Crippen LogP contribution is -2.37. The topological polar surface area (TPSA) is 94.1 Å². The number of amides is 1. The molecule has 0 aliphatic carbocycles. The Bertz CT molecular complexity index is 1260. The predicted molar refractivity (Wildman–Crippen MR) is 147 cm³/mol. The van der Waals surface area contributed by atoms with Crippen molar-refractivity contribution in [1.29, 1.82) is 0 Å². The van der Waals surface area contributed by atoms with Crippen molar-refractivity contribution in [3.8, 4) is 17.2 Å². The summed E-state index contributed by atoms with van der Waals surface area (Å²) >= 11 is 0. The van der Waals surface area contributed by atoms with Crippen molar-refractivity contribution < 1.29 is 33.3 Å². The molecule has 0 spiro atoms. The Morgan fingerprint density at radius 3 is 2.23 bits per heavy atom. The number of rotatable bonds is 14. The lowest BCUT2D eigenvalue weighted by atomic mass is 10.0. The van der Waals surface area contributed by atoms with Crippen LogP contribution in [0.25, 0.3) is 0 Å². The quantitative estimate of drug-likeness (QED) is 0.107. The first-order valence-corrected chi connectivity index (χ1v) is 12.9. The van der Waals surface area contributed by atoms with Crippen LogP contribution < -0.4 is 19.5 Å². The summed E-state index contributed by atoms with van der Waals surface area (Å²) in [6.45, 7) is 6.34. The maximum Gasteiger partial charge on any atom is 0.343 e. The fourth-order valence-corrected chi connectivity index (χ4v) is 3.80. The van der Waals surface area contributed by atoms with E-state index in [2.05, 4.69) is 18.8 Å². The minimum Gasteiger partial charge on any atom is -0.511 e. The molecule has 0 aliphatic rings. The molecule has 0 bridgehead atoms. The first-order valence-electron chi connectivity index (χ1n) is 12.9. The fraction of sp³-hybridized carbons (Fsp3) is 0.290. The molecule has 206 valence electrons. The van der Waals surface area contributed by atoms with E-state index < -0.39 is 23.7 Å². The van der Waals surface area contributed by atoms with Crippen molar-refractivity contribution >= 4 is 11.9 Å². The van der Waals surface area contributed by atoms with Crippen LogP contribution in [0.15, 0.2) is 79.1 Å². The van der Waals surface area contributed by atoms with E-state index in [0.29, 0.717) is 23.7 Å². The van der Waals surface area contributed by atoms with Gasteiger partial charge >= 0.3 is 5.97 Å². The highest BCUT2D eigenvalue weighted by atomic mass is 19.1. The Morgan fingerprint density at radius 1 is 0.949 bits per heavy atom. The van der Waals surface area contributed by atoms with Crippen LogP contribution in [0.5, 0.6) is 17.2 Å². The number of ether oxygens (including phenoxy) is 3. The molecule has 3 rings (SSSR count). The molecule has 8 heteroatoms. The van der Waals surface area contributed by atoms with Gasteiger partial charge in [0, 0.05) is 5.56 Å². The van der Waals surface area contributed by atoms with Crippen LogP contribution in [0.2, 0.25) is 0 Å². The van der Waals surface area contributed by atoms with E-state index in [1.54, 1.807) is 48.5 Å². The molecule has 0 fully saturated rings. The number of esters is 1. The fourth-order valence-electron chi connectivity index (χ4n) is 3.80. The lowest BCUT2D eigenvalue weighted by molar-refractivity contribution is 0.0734. The van der Waals surface area contributed by atoms with Crippen LogP contribution in [-0.4, -0.2) is 36.7 Å². The molecule has 0 aliphatic heterocycles. The number of halogens is 1. The molecule has 2 N–H and O–H groups in total. The monoisotopic (exact) mass is 535 g/mol. The van der Waals surface area contributed by atoms with Crippen molar-refractivity contribution in [1.82, 2.24) is 5.32 Å².